The lowest BCUT2D eigenvalue weighted by Crippen LogP contribution is -2.29. The van der Waals surface area contributed by atoms with Gasteiger partial charge in [0.1, 0.15) is 5.76 Å². The van der Waals surface area contributed by atoms with Gasteiger partial charge in [0, 0.05) is 32.1 Å². The van der Waals surface area contributed by atoms with E-state index in [2.05, 4.69) is 0 Å². The zero-order valence-corrected chi connectivity index (χ0v) is 14.2. The number of aliphatic carboxylic acids is 1. The number of carboxylic acid groups (broad SMARTS) is 1. The molecule has 1 fully saturated rings. The highest BCUT2D eigenvalue weighted by Crippen LogP contribution is 2.13. The smallest absolute Gasteiger partial charge is 0.328 e. The molecule has 2 N–H and O–H groups in total. The lowest BCUT2D eigenvalue weighted by atomic mass is 10.1. The summed E-state index contributed by atoms with van der Waals surface area (Å²) in [5.74, 6) is -0.468. The molecule has 0 aliphatic carbocycles. The van der Waals surface area contributed by atoms with Gasteiger partial charge < -0.3 is 14.6 Å². The van der Waals surface area contributed by atoms with Gasteiger partial charge >= 0.3 is 5.97 Å². The average Bonchev–Trinajstić information content (AvgIpc) is 3.21. The summed E-state index contributed by atoms with van der Waals surface area (Å²) in [6, 6.07) is 3.38. The van der Waals surface area contributed by atoms with Crippen molar-refractivity contribution in [1.82, 2.24) is 4.90 Å². The van der Waals surface area contributed by atoms with Gasteiger partial charge in [-0.05, 0) is 31.1 Å². The van der Waals surface area contributed by atoms with Crippen molar-refractivity contribution in [3.63, 3.8) is 0 Å². The van der Waals surface area contributed by atoms with Crippen LogP contribution in [0.2, 0.25) is 0 Å². The van der Waals surface area contributed by atoms with Crippen LogP contribution >= 0.6 is 0 Å². The maximum atomic E-state index is 11.2. The van der Waals surface area contributed by atoms with Crippen molar-refractivity contribution >= 4 is 23.9 Å². The highest BCUT2D eigenvalue weighted by molar-refractivity contribution is 6.01. The lowest BCUT2D eigenvalue weighted by molar-refractivity contribution is -0.138. The number of unbranched alkanes of at least 4 members (excludes halogenated alkanes) is 4. The fourth-order valence-corrected chi connectivity index (χ4v) is 2.32. The first-order valence-electron chi connectivity index (χ1n) is 8.43. The van der Waals surface area contributed by atoms with Crippen LogP contribution in [-0.4, -0.2) is 46.0 Å². The molecule has 7 nitrogen and oxygen atoms in total. The summed E-state index contributed by atoms with van der Waals surface area (Å²) >= 11 is 0. The topological polar surface area (TPSA) is 108 Å². The number of amides is 2. The lowest BCUT2D eigenvalue weighted by Gasteiger charge is -2.12. The third kappa shape index (κ3) is 8.85. The van der Waals surface area contributed by atoms with Crippen LogP contribution in [0.25, 0.3) is 6.08 Å². The van der Waals surface area contributed by atoms with Gasteiger partial charge in [-0.15, -0.1) is 0 Å². The summed E-state index contributed by atoms with van der Waals surface area (Å²) in [5, 5.41) is 16.8. The molecule has 1 aliphatic heterocycles. The summed E-state index contributed by atoms with van der Waals surface area (Å²) in [6.45, 7) is 0.833. The van der Waals surface area contributed by atoms with Gasteiger partial charge in [-0.3, -0.25) is 14.5 Å². The number of imide groups is 1. The molecule has 1 saturated heterocycles. The molecule has 138 valence electrons. The Labute approximate surface area is 146 Å². The van der Waals surface area contributed by atoms with E-state index in [0.717, 1.165) is 38.2 Å². The largest absolute Gasteiger partial charge is 0.478 e. The SMILES string of the molecule is O=C(O)C=Cc1ccco1.O=C1CCC(=O)N1CCCCCCCO. The van der Waals surface area contributed by atoms with Crippen LogP contribution in [0.5, 0.6) is 0 Å². The van der Waals surface area contributed by atoms with Crippen molar-refractivity contribution in [2.75, 3.05) is 13.2 Å². The van der Waals surface area contributed by atoms with Gasteiger partial charge in [0.25, 0.3) is 0 Å². The molecule has 2 amide bonds. The monoisotopic (exact) mass is 351 g/mol. The summed E-state index contributed by atoms with van der Waals surface area (Å²) in [4.78, 5) is 33.8. The van der Waals surface area contributed by atoms with Gasteiger partial charge in [0.15, 0.2) is 0 Å². The molecule has 0 aromatic carbocycles. The number of aliphatic hydroxyl groups is 1. The first-order valence-corrected chi connectivity index (χ1v) is 8.43. The summed E-state index contributed by atoms with van der Waals surface area (Å²) in [6.07, 6.45) is 9.55. The van der Waals surface area contributed by atoms with Gasteiger partial charge in [-0.2, -0.15) is 0 Å². The Morgan fingerprint density at radius 2 is 1.76 bits per heavy atom. The number of carboxylic acids is 1. The van der Waals surface area contributed by atoms with Crippen molar-refractivity contribution in [3.8, 4) is 0 Å². The summed E-state index contributed by atoms with van der Waals surface area (Å²) in [5.41, 5.74) is 0. The Balaban J connectivity index is 0.000000271. The van der Waals surface area contributed by atoms with E-state index in [0.29, 0.717) is 25.1 Å². The standard InChI is InChI=1S/C11H19NO3.C7H6O3/c13-9-5-3-1-2-4-8-12-10(14)6-7-11(12)15;8-7(9)4-3-6-2-1-5-10-6/h13H,1-9H2;1-5H,(H,8,9). The molecule has 2 heterocycles. The molecule has 0 unspecified atom stereocenters. The number of carbonyl (C=O) groups is 3. The minimum absolute atomic E-state index is 0.0182. The van der Waals surface area contributed by atoms with Crippen molar-refractivity contribution in [3.05, 3.63) is 30.2 Å². The predicted octanol–water partition coefficient (Wildman–Crippen LogP) is 2.46. The van der Waals surface area contributed by atoms with Crippen LogP contribution in [0.15, 0.2) is 28.9 Å². The maximum Gasteiger partial charge on any atom is 0.328 e. The molecule has 1 aliphatic rings. The van der Waals surface area contributed by atoms with Gasteiger partial charge in [0.05, 0.1) is 6.26 Å². The van der Waals surface area contributed by atoms with Crippen LogP contribution < -0.4 is 0 Å². The summed E-state index contributed by atoms with van der Waals surface area (Å²) in [7, 11) is 0. The number of rotatable bonds is 9. The van der Waals surface area contributed by atoms with E-state index < -0.39 is 5.97 Å². The van der Waals surface area contributed by atoms with Gasteiger partial charge in [-0.25, -0.2) is 4.79 Å². The predicted molar refractivity (Wildman–Crippen MR) is 91.5 cm³/mol. The Morgan fingerprint density at radius 3 is 2.32 bits per heavy atom. The van der Waals surface area contributed by atoms with Crippen LogP contribution in [-0.2, 0) is 14.4 Å². The molecule has 0 saturated carbocycles. The minimum Gasteiger partial charge on any atom is -0.478 e. The molecule has 0 radical (unpaired) electrons. The van der Waals surface area contributed by atoms with E-state index >= 15 is 0 Å². The van der Waals surface area contributed by atoms with E-state index in [-0.39, 0.29) is 18.4 Å². The number of carbonyl (C=O) groups excluding carboxylic acids is 2. The molecule has 1 aromatic heterocycles. The van der Waals surface area contributed by atoms with Crippen LogP contribution in [0, 0.1) is 0 Å². The molecule has 25 heavy (non-hydrogen) atoms. The van der Waals surface area contributed by atoms with E-state index in [1.54, 1.807) is 12.1 Å². The molecule has 0 atom stereocenters. The third-order valence-corrected chi connectivity index (χ3v) is 3.63. The molecule has 0 bridgehead atoms. The van der Waals surface area contributed by atoms with Crippen molar-refractivity contribution in [1.29, 1.82) is 0 Å². The zero-order valence-electron chi connectivity index (χ0n) is 14.2. The van der Waals surface area contributed by atoms with E-state index in [1.807, 2.05) is 0 Å². The van der Waals surface area contributed by atoms with E-state index in [4.69, 9.17) is 14.6 Å². The maximum absolute atomic E-state index is 11.2. The number of aliphatic hydroxyl groups excluding tert-OH is 1. The second-order valence-corrected chi connectivity index (χ2v) is 5.62. The van der Waals surface area contributed by atoms with Crippen LogP contribution in [0.4, 0.5) is 0 Å². The Morgan fingerprint density at radius 1 is 1.12 bits per heavy atom. The fourth-order valence-electron chi connectivity index (χ4n) is 2.32. The molecular weight excluding hydrogens is 326 g/mol. The molecular formula is C18H25NO6. The Kier molecular flexibility index (Phi) is 9.92. The molecule has 7 heteroatoms. The van der Waals surface area contributed by atoms with Gasteiger partial charge in [-0.1, -0.05) is 19.3 Å². The van der Waals surface area contributed by atoms with E-state index in [9.17, 15) is 14.4 Å². The highest BCUT2D eigenvalue weighted by Gasteiger charge is 2.27. The second-order valence-electron chi connectivity index (χ2n) is 5.62. The number of hydrogen-bond donors (Lipinski definition) is 2. The normalized spacial score (nSPS) is 14.0. The average molecular weight is 351 g/mol. The third-order valence-electron chi connectivity index (χ3n) is 3.63. The molecule has 2 rings (SSSR count). The second kappa shape index (κ2) is 12.0. The van der Waals surface area contributed by atoms with Crippen molar-refractivity contribution < 1.29 is 29.0 Å². The zero-order chi connectivity index (χ0) is 18.5. The first-order chi connectivity index (χ1) is 12.0. The number of hydrogen-bond acceptors (Lipinski definition) is 5. The van der Waals surface area contributed by atoms with Crippen LogP contribution in [0.3, 0.4) is 0 Å². The quantitative estimate of drug-likeness (QED) is 0.402. The number of furan rings is 1. The summed E-state index contributed by atoms with van der Waals surface area (Å²) < 4.78 is 4.83. The van der Waals surface area contributed by atoms with Crippen molar-refractivity contribution in [2.24, 2.45) is 0 Å². The first kappa shape index (κ1) is 20.6. The highest BCUT2D eigenvalue weighted by atomic mass is 16.4. The number of likely N-dealkylation sites (tertiary alicyclic amines) is 1. The van der Waals surface area contributed by atoms with E-state index in [1.165, 1.54) is 17.2 Å². The Bertz CT molecular complexity index is 548. The fraction of sp³-hybridized carbons (Fsp3) is 0.500. The Hall–Kier alpha value is -2.41. The molecule has 0 spiro atoms. The number of nitrogens with zero attached hydrogens (tertiary/aromatic N) is 1. The van der Waals surface area contributed by atoms with Crippen molar-refractivity contribution in [2.45, 2.75) is 44.9 Å². The van der Waals surface area contributed by atoms with Gasteiger partial charge in [0.2, 0.25) is 11.8 Å². The molecule has 1 aromatic rings. The minimum atomic E-state index is -0.976. The van der Waals surface area contributed by atoms with Crippen LogP contribution in [0.1, 0.15) is 50.7 Å².